The maximum atomic E-state index is 13.7. The molecule has 0 fully saturated rings. The van der Waals surface area contributed by atoms with Gasteiger partial charge < -0.3 is 9.30 Å². The molecule has 0 saturated carbocycles. The molecule has 20 heavy (non-hydrogen) atoms. The fourth-order valence-electron chi connectivity index (χ4n) is 2.56. The highest BCUT2D eigenvalue weighted by Crippen LogP contribution is 2.24. The van der Waals surface area contributed by atoms with Gasteiger partial charge in [-0.2, -0.15) is 0 Å². The van der Waals surface area contributed by atoms with Crippen molar-refractivity contribution in [1.29, 1.82) is 0 Å². The highest BCUT2D eigenvalue weighted by atomic mass is 19.1. The SMILES string of the molecule is COc1ccc(Cc2cccc3c2ccn3C)cc1F. The molecule has 0 saturated heterocycles. The lowest BCUT2D eigenvalue weighted by Crippen LogP contribution is -1.93. The van der Waals surface area contributed by atoms with E-state index in [0.717, 1.165) is 5.56 Å². The third kappa shape index (κ3) is 2.16. The van der Waals surface area contributed by atoms with Crippen molar-refractivity contribution < 1.29 is 9.13 Å². The molecular formula is C17H16FNO. The predicted molar refractivity (Wildman–Crippen MR) is 78.7 cm³/mol. The van der Waals surface area contributed by atoms with E-state index in [-0.39, 0.29) is 11.6 Å². The maximum Gasteiger partial charge on any atom is 0.165 e. The van der Waals surface area contributed by atoms with Gasteiger partial charge in [0.05, 0.1) is 7.11 Å². The number of hydrogen-bond donors (Lipinski definition) is 0. The van der Waals surface area contributed by atoms with Crippen LogP contribution in [-0.4, -0.2) is 11.7 Å². The second kappa shape index (κ2) is 5.00. The quantitative estimate of drug-likeness (QED) is 0.703. The van der Waals surface area contributed by atoms with Gasteiger partial charge in [0.25, 0.3) is 0 Å². The van der Waals surface area contributed by atoms with Crippen molar-refractivity contribution in [2.75, 3.05) is 7.11 Å². The molecule has 3 aromatic rings. The van der Waals surface area contributed by atoms with Gasteiger partial charge in [-0.1, -0.05) is 18.2 Å². The Bertz CT molecular complexity index is 761. The molecular weight excluding hydrogens is 253 g/mol. The first-order valence-electron chi connectivity index (χ1n) is 6.54. The van der Waals surface area contributed by atoms with Crippen LogP contribution >= 0.6 is 0 Å². The van der Waals surface area contributed by atoms with Gasteiger partial charge in [0, 0.05) is 24.1 Å². The average Bonchev–Trinajstić information content (AvgIpc) is 2.82. The molecule has 0 N–H and O–H groups in total. The number of halogens is 1. The minimum atomic E-state index is -0.315. The van der Waals surface area contributed by atoms with E-state index in [0.29, 0.717) is 6.42 Å². The van der Waals surface area contributed by atoms with Crippen molar-refractivity contribution >= 4 is 10.9 Å². The summed E-state index contributed by atoms with van der Waals surface area (Å²) in [4.78, 5) is 0. The summed E-state index contributed by atoms with van der Waals surface area (Å²) >= 11 is 0. The van der Waals surface area contributed by atoms with Crippen LogP contribution < -0.4 is 4.74 Å². The number of hydrogen-bond acceptors (Lipinski definition) is 1. The van der Waals surface area contributed by atoms with Gasteiger partial charge in [0.2, 0.25) is 0 Å². The summed E-state index contributed by atoms with van der Waals surface area (Å²) in [6, 6.07) is 13.4. The number of aryl methyl sites for hydroxylation is 1. The van der Waals surface area contributed by atoms with E-state index in [1.807, 2.05) is 25.4 Å². The Hall–Kier alpha value is -2.29. The second-order valence-corrected chi connectivity index (χ2v) is 4.92. The summed E-state index contributed by atoms with van der Waals surface area (Å²) in [5.74, 6) is -0.0306. The van der Waals surface area contributed by atoms with Crippen LogP contribution in [0.3, 0.4) is 0 Å². The Morgan fingerprint density at radius 2 is 2.00 bits per heavy atom. The van der Waals surface area contributed by atoms with Crippen LogP contribution in [-0.2, 0) is 13.5 Å². The van der Waals surface area contributed by atoms with Crippen molar-refractivity contribution in [3.05, 3.63) is 65.6 Å². The summed E-state index contributed by atoms with van der Waals surface area (Å²) in [5.41, 5.74) is 3.34. The monoisotopic (exact) mass is 269 g/mol. The fourth-order valence-corrected chi connectivity index (χ4v) is 2.56. The molecule has 0 aliphatic rings. The van der Waals surface area contributed by atoms with Gasteiger partial charge in [-0.25, -0.2) is 4.39 Å². The first kappa shape index (κ1) is 12.7. The zero-order valence-corrected chi connectivity index (χ0v) is 11.6. The highest BCUT2D eigenvalue weighted by molar-refractivity contribution is 5.84. The van der Waals surface area contributed by atoms with E-state index in [4.69, 9.17) is 4.74 Å². The molecule has 2 aromatic carbocycles. The number of nitrogens with zero attached hydrogens (tertiary/aromatic N) is 1. The number of aromatic nitrogens is 1. The molecule has 0 atom stereocenters. The molecule has 0 bridgehead atoms. The van der Waals surface area contributed by atoms with Crippen LogP contribution in [0.25, 0.3) is 10.9 Å². The largest absolute Gasteiger partial charge is 0.494 e. The number of ether oxygens (including phenoxy) is 1. The van der Waals surface area contributed by atoms with Crippen LogP contribution in [0.1, 0.15) is 11.1 Å². The standard InChI is InChI=1S/C17H16FNO/c1-19-9-8-14-13(4-3-5-16(14)19)10-12-6-7-17(20-2)15(18)11-12/h3-9,11H,10H2,1-2H3. The molecule has 3 rings (SSSR count). The number of rotatable bonds is 3. The number of methoxy groups -OCH3 is 1. The second-order valence-electron chi connectivity index (χ2n) is 4.92. The molecule has 0 aliphatic heterocycles. The van der Waals surface area contributed by atoms with Crippen LogP contribution in [0, 0.1) is 5.82 Å². The van der Waals surface area contributed by atoms with Gasteiger partial charge in [-0.3, -0.25) is 0 Å². The first-order valence-corrected chi connectivity index (χ1v) is 6.54. The third-order valence-electron chi connectivity index (χ3n) is 3.63. The smallest absolute Gasteiger partial charge is 0.165 e. The lowest BCUT2D eigenvalue weighted by molar-refractivity contribution is 0.386. The van der Waals surface area contributed by atoms with Gasteiger partial charge in [-0.05, 0) is 41.8 Å². The summed E-state index contributed by atoms with van der Waals surface area (Å²) in [6.45, 7) is 0. The van der Waals surface area contributed by atoms with E-state index in [1.54, 1.807) is 12.1 Å². The summed E-state index contributed by atoms with van der Waals surface area (Å²) < 4.78 is 20.8. The van der Waals surface area contributed by atoms with Gasteiger partial charge in [0.15, 0.2) is 11.6 Å². The fraction of sp³-hybridized carbons (Fsp3) is 0.176. The lowest BCUT2D eigenvalue weighted by Gasteiger charge is -2.07. The minimum absolute atomic E-state index is 0.284. The normalized spacial score (nSPS) is 10.9. The first-order chi connectivity index (χ1) is 9.69. The predicted octanol–water partition coefficient (Wildman–Crippen LogP) is 3.92. The molecule has 102 valence electrons. The van der Waals surface area contributed by atoms with Gasteiger partial charge >= 0.3 is 0 Å². The third-order valence-corrected chi connectivity index (χ3v) is 3.63. The van der Waals surface area contributed by atoms with Crippen molar-refractivity contribution in [2.45, 2.75) is 6.42 Å². The average molecular weight is 269 g/mol. The molecule has 0 spiro atoms. The lowest BCUT2D eigenvalue weighted by atomic mass is 10.0. The minimum Gasteiger partial charge on any atom is -0.494 e. The van der Waals surface area contributed by atoms with Crippen LogP contribution in [0.4, 0.5) is 4.39 Å². The zero-order valence-electron chi connectivity index (χ0n) is 11.6. The Morgan fingerprint density at radius 1 is 1.15 bits per heavy atom. The van der Waals surface area contributed by atoms with Crippen molar-refractivity contribution in [3.8, 4) is 5.75 Å². The zero-order chi connectivity index (χ0) is 14.1. The Balaban J connectivity index is 1.99. The van der Waals surface area contributed by atoms with E-state index in [1.165, 1.54) is 23.6 Å². The number of fused-ring (bicyclic) bond motifs is 1. The molecule has 0 aliphatic carbocycles. The van der Waals surface area contributed by atoms with Crippen molar-refractivity contribution in [1.82, 2.24) is 4.57 Å². The molecule has 2 nitrogen and oxygen atoms in total. The van der Waals surface area contributed by atoms with Gasteiger partial charge in [-0.15, -0.1) is 0 Å². The summed E-state index contributed by atoms with van der Waals surface area (Å²) in [5, 5.41) is 1.21. The molecule has 0 unspecified atom stereocenters. The van der Waals surface area contributed by atoms with Crippen molar-refractivity contribution in [2.24, 2.45) is 7.05 Å². The van der Waals surface area contributed by atoms with E-state index in [9.17, 15) is 4.39 Å². The van der Waals surface area contributed by atoms with Gasteiger partial charge in [0.1, 0.15) is 0 Å². The molecule has 0 radical (unpaired) electrons. The molecule has 1 aromatic heterocycles. The maximum absolute atomic E-state index is 13.7. The Labute approximate surface area is 117 Å². The topological polar surface area (TPSA) is 14.2 Å². The van der Waals surface area contributed by atoms with E-state index >= 15 is 0 Å². The summed E-state index contributed by atoms with van der Waals surface area (Å²) in [6.07, 6.45) is 2.75. The Kier molecular flexibility index (Phi) is 3.18. The van der Waals surface area contributed by atoms with Crippen LogP contribution in [0.5, 0.6) is 5.75 Å². The Morgan fingerprint density at radius 3 is 2.75 bits per heavy atom. The molecule has 0 amide bonds. The van der Waals surface area contributed by atoms with Crippen molar-refractivity contribution in [3.63, 3.8) is 0 Å². The van der Waals surface area contributed by atoms with E-state index < -0.39 is 0 Å². The summed E-state index contributed by atoms with van der Waals surface area (Å²) in [7, 11) is 3.50. The molecule has 1 heterocycles. The van der Waals surface area contributed by atoms with Crippen LogP contribution in [0.2, 0.25) is 0 Å². The highest BCUT2D eigenvalue weighted by Gasteiger charge is 2.07. The molecule has 3 heteroatoms. The van der Waals surface area contributed by atoms with Crippen LogP contribution in [0.15, 0.2) is 48.7 Å². The van der Waals surface area contributed by atoms with E-state index in [2.05, 4.69) is 22.8 Å². The number of benzene rings is 2.